The highest BCUT2D eigenvalue weighted by Crippen LogP contribution is 2.37. The Kier molecular flexibility index (Phi) is 3.82. The van der Waals surface area contributed by atoms with Crippen LogP contribution in [0.15, 0.2) is 42.5 Å². The first kappa shape index (κ1) is 17.1. The van der Waals surface area contributed by atoms with E-state index in [2.05, 4.69) is 15.4 Å². The van der Waals surface area contributed by atoms with Crippen LogP contribution in [0.3, 0.4) is 0 Å². The molecule has 1 N–H and O–H groups in total. The van der Waals surface area contributed by atoms with Crippen molar-refractivity contribution in [2.24, 2.45) is 0 Å². The third-order valence-electron chi connectivity index (χ3n) is 4.50. The van der Waals surface area contributed by atoms with Gasteiger partial charge in [-0.25, -0.2) is 13.9 Å². The molecule has 2 aromatic carbocycles. The van der Waals surface area contributed by atoms with Crippen LogP contribution in [-0.4, -0.2) is 20.5 Å². The lowest BCUT2D eigenvalue weighted by Crippen LogP contribution is -2.04. The maximum absolute atomic E-state index is 13.4. The lowest BCUT2D eigenvalue weighted by Gasteiger charge is -2.02. The van der Waals surface area contributed by atoms with Gasteiger partial charge in [0.1, 0.15) is 10.8 Å². The SMILES string of the molecule is Cc1nn2c(/C=C3/C(=O)Nc4cc(Cl)ccc43)c(-c3ccc(F)cc3)nc2s1. The number of aryl methyl sites for hydroxylation is 1. The van der Waals surface area contributed by atoms with E-state index in [0.717, 1.165) is 16.1 Å². The van der Waals surface area contributed by atoms with Crippen molar-refractivity contribution in [3.63, 3.8) is 0 Å². The van der Waals surface area contributed by atoms with E-state index in [-0.39, 0.29) is 11.7 Å². The molecule has 138 valence electrons. The third kappa shape index (κ3) is 2.71. The molecule has 1 aliphatic rings. The molecule has 2 aromatic heterocycles. The molecule has 1 aliphatic heterocycles. The number of rotatable bonds is 2. The zero-order valence-corrected chi connectivity index (χ0v) is 16.1. The summed E-state index contributed by atoms with van der Waals surface area (Å²) in [6.45, 7) is 1.90. The van der Waals surface area contributed by atoms with E-state index in [1.165, 1.54) is 23.5 Å². The van der Waals surface area contributed by atoms with Gasteiger partial charge in [0.2, 0.25) is 4.96 Å². The molecule has 4 aromatic rings. The van der Waals surface area contributed by atoms with E-state index >= 15 is 0 Å². The highest BCUT2D eigenvalue weighted by atomic mass is 35.5. The number of fused-ring (bicyclic) bond motifs is 2. The summed E-state index contributed by atoms with van der Waals surface area (Å²) in [5.74, 6) is -0.538. The monoisotopic (exact) mass is 410 g/mol. The quantitative estimate of drug-likeness (QED) is 0.470. The summed E-state index contributed by atoms with van der Waals surface area (Å²) >= 11 is 7.49. The first-order chi connectivity index (χ1) is 13.5. The molecule has 0 unspecified atom stereocenters. The first-order valence-corrected chi connectivity index (χ1v) is 9.64. The molecule has 1 amide bonds. The largest absolute Gasteiger partial charge is 0.321 e. The highest BCUT2D eigenvalue weighted by molar-refractivity contribution is 7.16. The predicted octanol–water partition coefficient (Wildman–Crippen LogP) is 5.05. The van der Waals surface area contributed by atoms with E-state index in [1.807, 2.05) is 13.0 Å². The average Bonchev–Trinajstić information content (AvgIpc) is 3.27. The number of halogens is 2. The van der Waals surface area contributed by atoms with Gasteiger partial charge in [0.05, 0.1) is 22.6 Å². The minimum atomic E-state index is -0.320. The predicted molar refractivity (Wildman–Crippen MR) is 109 cm³/mol. The number of hydrogen-bond acceptors (Lipinski definition) is 4. The molecule has 0 aliphatic carbocycles. The topological polar surface area (TPSA) is 59.3 Å². The van der Waals surface area contributed by atoms with Gasteiger partial charge in [-0.15, -0.1) is 0 Å². The van der Waals surface area contributed by atoms with Gasteiger partial charge < -0.3 is 5.32 Å². The summed E-state index contributed by atoms with van der Waals surface area (Å²) in [6.07, 6.45) is 1.77. The van der Waals surface area contributed by atoms with Gasteiger partial charge in [0.25, 0.3) is 5.91 Å². The molecule has 3 heterocycles. The lowest BCUT2D eigenvalue weighted by molar-refractivity contribution is -0.110. The third-order valence-corrected chi connectivity index (χ3v) is 5.56. The Labute approximate surface area is 168 Å². The average molecular weight is 411 g/mol. The molecule has 5 nitrogen and oxygen atoms in total. The number of carbonyl (C=O) groups excluding carboxylic acids is 1. The molecule has 5 rings (SSSR count). The maximum atomic E-state index is 13.4. The molecule has 0 radical (unpaired) electrons. The summed E-state index contributed by atoms with van der Waals surface area (Å²) in [4.78, 5) is 18.0. The van der Waals surface area contributed by atoms with Crippen LogP contribution >= 0.6 is 22.9 Å². The Balaban J connectivity index is 1.74. The van der Waals surface area contributed by atoms with Crippen molar-refractivity contribution in [2.45, 2.75) is 6.92 Å². The molecule has 0 bridgehead atoms. The number of benzene rings is 2. The number of nitrogens with zero attached hydrogens (tertiary/aromatic N) is 3. The van der Waals surface area contributed by atoms with E-state index in [0.29, 0.717) is 32.6 Å². The number of hydrogen-bond donors (Lipinski definition) is 1. The number of carbonyl (C=O) groups is 1. The van der Waals surface area contributed by atoms with Crippen molar-refractivity contribution in [1.29, 1.82) is 0 Å². The molecule has 28 heavy (non-hydrogen) atoms. The molecule has 0 saturated carbocycles. The fourth-order valence-corrected chi connectivity index (χ4v) is 4.18. The summed E-state index contributed by atoms with van der Waals surface area (Å²) in [6, 6.07) is 11.4. The van der Waals surface area contributed by atoms with Crippen LogP contribution in [0.25, 0.3) is 27.9 Å². The number of anilines is 1. The summed E-state index contributed by atoms with van der Waals surface area (Å²) < 4.78 is 15.1. The van der Waals surface area contributed by atoms with Crippen molar-refractivity contribution in [3.05, 3.63) is 69.6 Å². The first-order valence-electron chi connectivity index (χ1n) is 8.45. The summed E-state index contributed by atoms with van der Waals surface area (Å²) in [7, 11) is 0. The number of imidazole rings is 1. The number of nitrogens with one attached hydrogen (secondary N) is 1. The van der Waals surface area contributed by atoms with Crippen molar-refractivity contribution >= 4 is 51.1 Å². The van der Waals surface area contributed by atoms with Gasteiger partial charge in [-0.1, -0.05) is 29.0 Å². The van der Waals surface area contributed by atoms with Gasteiger partial charge >= 0.3 is 0 Å². The fourth-order valence-electron chi connectivity index (χ4n) is 3.26. The summed E-state index contributed by atoms with van der Waals surface area (Å²) in [5, 5.41) is 8.75. The zero-order valence-electron chi connectivity index (χ0n) is 14.5. The van der Waals surface area contributed by atoms with Crippen LogP contribution in [0.5, 0.6) is 0 Å². The highest BCUT2D eigenvalue weighted by Gasteiger charge is 2.26. The Morgan fingerprint density at radius 2 is 2.00 bits per heavy atom. The molecule has 8 heteroatoms. The van der Waals surface area contributed by atoms with Crippen LogP contribution in [0, 0.1) is 12.7 Å². The Morgan fingerprint density at radius 3 is 2.79 bits per heavy atom. The molecule has 0 spiro atoms. The second kappa shape index (κ2) is 6.25. The van der Waals surface area contributed by atoms with Crippen molar-refractivity contribution < 1.29 is 9.18 Å². The van der Waals surface area contributed by atoms with Gasteiger partial charge in [-0.2, -0.15) is 5.10 Å². The minimum absolute atomic E-state index is 0.218. The zero-order chi connectivity index (χ0) is 19.4. The van der Waals surface area contributed by atoms with Gasteiger partial charge in [-0.3, -0.25) is 4.79 Å². The van der Waals surface area contributed by atoms with E-state index < -0.39 is 0 Å². The van der Waals surface area contributed by atoms with Gasteiger partial charge in [-0.05, 0) is 49.4 Å². The van der Waals surface area contributed by atoms with Crippen LogP contribution in [0.4, 0.5) is 10.1 Å². The Hall–Kier alpha value is -3.03. The van der Waals surface area contributed by atoms with Gasteiger partial charge in [0.15, 0.2) is 0 Å². The molecular weight excluding hydrogens is 399 g/mol. The van der Waals surface area contributed by atoms with E-state index in [4.69, 9.17) is 11.6 Å². The molecular formula is C20H12ClFN4OS. The second-order valence-electron chi connectivity index (χ2n) is 6.37. The molecule has 0 fully saturated rings. The van der Waals surface area contributed by atoms with Crippen LogP contribution in [-0.2, 0) is 4.79 Å². The number of amides is 1. The molecule has 0 saturated heterocycles. The lowest BCUT2D eigenvalue weighted by atomic mass is 10.0. The van der Waals surface area contributed by atoms with E-state index in [9.17, 15) is 9.18 Å². The minimum Gasteiger partial charge on any atom is -0.321 e. The standard InChI is InChI=1S/C20H12ClFN4OS/c1-10-25-26-17(9-15-14-7-4-12(21)8-16(14)23-19(15)27)18(24-20(26)28-10)11-2-5-13(22)6-3-11/h2-9H,1H3,(H,23,27)/b15-9+. The fraction of sp³-hybridized carbons (Fsp3) is 0.0500. The maximum Gasteiger partial charge on any atom is 0.256 e. The van der Waals surface area contributed by atoms with Crippen LogP contribution in [0.1, 0.15) is 16.3 Å². The normalized spacial score (nSPS) is 14.7. The number of aromatic nitrogens is 3. The summed E-state index contributed by atoms with van der Waals surface area (Å²) in [5.41, 5.74) is 3.99. The van der Waals surface area contributed by atoms with Crippen molar-refractivity contribution in [3.8, 4) is 11.3 Å². The Morgan fingerprint density at radius 1 is 1.21 bits per heavy atom. The van der Waals surface area contributed by atoms with E-state index in [1.54, 1.807) is 34.9 Å². The van der Waals surface area contributed by atoms with Crippen molar-refractivity contribution in [1.82, 2.24) is 14.6 Å². The van der Waals surface area contributed by atoms with Gasteiger partial charge in [0, 0.05) is 16.1 Å². The molecule has 0 atom stereocenters. The Bertz CT molecular complexity index is 1290. The second-order valence-corrected chi connectivity index (χ2v) is 7.97. The van der Waals surface area contributed by atoms with Crippen molar-refractivity contribution in [2.75, 3.05) is 5.32 Å². The smallest absolute Gasteiger partial charge is 0.256 e. The van der Waals surface area contributed by atoms with Crippen LogP contribution in [0.2, 0.25) is 5.02 Å². The van der Waals surface area contributed by atoms with Crippen LogP contribution < -0.4 is 5.32 Å².